The molecule has 3 N–H and O–H groups in total. The lowest BCUT2D eigenvalue weighted by atomic mass is 10.2. The highest BCUT2D eigenvalue weighted by molar-refractivity contribution is 6.06. The van der Waals surface area contributed by atoms with Gasteiger partial charge in [0.05, 0.1) is 5.56 Å². The third-order valence-corrected chi connectivity index (χ3v) is 3.03. The number of carboxylic acid groups (broad SMARTS) is 1. The number of nitrogens with one attached hydrogen (secondary N) is 2. The second-order valence-corrected chi connectivity index (χ2v) is 4.87. The molecule has 0 unspecified atom stereocenters. The Labute approximate surface area is 138 Å². The molecule has 1 aromatic carbocycles. The van der Waals surface area contributed by atoms with Crippen molar-refractivity contribution in [1.29, 1.82) is 5.26 Å². The van der Waals surface area contributed by atoms with Crippen LogP contribution in [-0.2, 0) is 4.79 Å². The summed E-state index contributed by atoms with van der Waals surface area (Å²) >= 11 is 0. The minimum Gasteiger partial charge on any atom is -0.478 e. The molecule has 0 aliphatic heterocycles. The summed E-state index contributed by atoms with van der Waals surface area (Å²) in [6.45, 7) is 1.90. The quantitative estimate of drug-likeness (QED) is 0.575. The van der Waals surface area contributed by atoms with E-state index in [0.717, 1.165) is 5.56 Å². The minimum atomic E-state index is -1.06. The topological polar surface area (TPSA) is 115 Å². The fourth-order valence-electron chi connectivity index (χ4n) is 1.74. The van der Waals surface area contributed by atoms with Crippen LogP contribution in [0.1, 0.15) is 15.9 Å². The molecule has 2 aromatic rings. The number of aromatic nitrogens is 1. The predicted molar refractivity (Wildman–Crippen MR) is 88.3 cm³/mol. The SMILES string of the molecule is Cc1ccc(N/C=C(/C#N)C(=O)Nc2ccc(C(=O)O)cc2)nc1. The number of nitrogens with zero attached hydrogens (tertiary/aromatic N) is 2. The number of carbonyl (C=O) groups is 2. The number of nitriles is 1. The van der Waals surface area contributed by atoms with Gasteiger partial charge in [0, 0.05) is 18.1 Å². The average molecular weight is 322 g/mol. The van der Waals surface area contributed by atoms with Gasteiger partial charge in [0.15, 0.2) is 0 Å². The highest BCUT2D eigenvalue weighted by atomic mass is 16.4. The Morgan fingerprint density at radius 2 is 1.92 bits per heavy atom. The minimum absolute atomic E-state index is 0.108. The van der Waals surface area contributed by atoms with Gasteiger partial charge in [-0.25, -0.2) is 9.78 Å². The molecule has 2 rings (SSSR count). The molecule has 0 bridgehead atoms. The highest BCUT2D eigenvalue weighted by Crippen LogP contribution is 2.11. The Balaban J connectivity index is 2.05. The molecular weight excluding hydrogens is 308 g/mol. The lowest BCUT2D eigenvalue weighted by Crippen LogP contribution is -2.14. The summed E-state index contributed by atoms with van der Waals surface area (Å²) in [4.78, 5) is 26.9. The van der Waals surface area contributed by atoms with Gasteiger partial charge in [0.1, 0.15) is 17.5 Å². The van der Waals surface area contributed by atoms with Crippen molar-refractivity contribution in [3.05, 3.63) is 65.5 Å². The van der Waals surface area contributed by atoms with E-state index in [1.807, 2.05) is 13.0 Å². The number of benzene rings is 1. The average Bonchev–Trinajstić information content (AvgIpc) is 2.57. The molecule has 0 radical (unpaired) electrons. The number of hydrogen-bond acceptors (Lipinski definition) is 5. The van der Waals surface area contributed by atoms with Crippen LogP contribution < -0.4 is 10.6 Å². The largest absolute Gasteiger partial charge is 0.478 e. The molecule has 0 saturated heterocycles. The van der Waals surface area contributed by atoms with E-state index in [1.54, 1.807) is 18.3 Å². The first-order chi connectivity index (χ1) is 11.5. The number of hydrogen-bond donors (Lipinski definition) is 3. The van der Waals surface area contributed by atoms with Crippen LogP contribution in [0.3, 0.4) is 0 Å². The van der Waals surface area contributed by atoms with E-state index in [2.05, 4.69) is 15.6 Å². The smallest absolute Gasteiger partial charge is 0.335 e. The number of amides is 1. The number of aryl methyl sites for hydroxylation is 1. The van der Waals surface area contributed by atoms with Crippen LogP contribution in [0.15, 0.2) is 54.4 Å². The van der Waals surface area contributed by atoms with Crippen molar-refractivity contribution in [3.8, 4) is 6.07 Å². The first kappa shape index (κ1) is 16.7. The maximum atomic E-state index is 12.1. The van der Waals surface area contributed by atoms with Crippen molar-refractivity contribution in [2.24, 2.45) is 0 Å². The van der Waals surface area contributed by atoms with E-state index in [1.165, 1.54) is 30.5 Å². The fourth-order valence-corrected chi connectivity index (χ4v) is 1.74. The van der Waals surface area contributed by atoms with Crippen LogP contribution in [0.25, 0.3) is 0 Å². The van der Waals surface area contributed by atoms with Crippen molar-refractivity contribution in [1.82, 2.24) is 4.98 Å². The summed E-state index contributed by atoms with van der Waals surface area (Å²) in [6.07, 6.45) is 2.92. The molecule has 0 saturated carbocycles. The van der Waals surface area contributed by atoms with Gasteiger partial charge >= 0.3 is 5.97 Å². The van der Waals surface area contributed by atoms with Crippen molar-refractivity contribution in [2.75, 3.05) is 10.6 Å². The molecule has 1 amide bonds. The van der Waals surface area contributed by atoms with E-state index in [-0.39, 0.29) is 11.1 Å². The molecule has 24 heavy (non-hydrogen) atoms. The summed E-state index contributed by atoms with van der Waals surface area (Å²) in [7, 11) is 0. The summed E-state index contributed by atoms with van der Waals surface area (Å²) in [6, 6.07) is 11.0. The zero-order valence-electron chi connectivity index (χ0n) is 12.8. The van der Waals surface area contributed by atoms with Gasteiger partial charge in [0.25, 0.3) is 5.91 Å². The standard InChI is InChI=1S/C17H14N4O3/c1-11-2-7-15(19-9-11)20-10-13(8-18)16(22)21-14-5-3-12(4-6-14)17(23)24/h2-7,9-10H,1H3,(H,19,20)(H,21,22)(H,23,24)/b13-10-. The predicted octanol–water partition coefficient (Wildman–Crippen LogP) is 2.55. The lowest BCUT2D eigenvalue weighted by molar-refractivity contribution is -0.112. The number of rotatable bonds is 5. The number of aromatic carboxylic acids is 1. The zero-order chi connectivity index (χ0) is 17.5. The van der Waals surface area contributed by atoms with Crippen LogP contribution in [0.4, 0.5) is 11.5 Å². The number of carboxylic acids is 1. The van der Waals surface area contributed by atoms with Gasteiger partial charge in [-0.3, -0.25) is 4.79 Å². The second-order valence-electron chi connectivity index (χ2n) is 4.87. The monoisotopic (exact) mass is 322 g/mol. The van der Waals surface area contributed by atoms with Gasteiger partial charge in [-0.2, -0.15) is 5.26 Å². The molecule has 120 valence electrons. The lowest BCUT2D eigenvalue weighted by Gasteiger charge is -2.05. The van der Waals surface area contributed by atoms with Crippen LogP contribution >= 0.6 is 0 Å². The normalized spacial score (nSPS) is 10.6. The van der Waals surface area contributed by atoms with E-state index in [0.29, 0.717) is 11.5 Å². The third-order valence-electron chi connectivity index (χ3n) is 3.03. The molecule has 7 heteroatoms. The van der Waals surface area contributed by atoms with Crippen LogP contribution in [0.5, 0.6) is 0 Å². The Hall–Kier alpha value is -3.66. The van der Waals surface area contributed by atoms with Gasteiger partial charge in [-0.05, 0) is 42.8 Å². The number of carbonyl (C=O) groups excluding carboxylic acids is 1. The Bertz CT molecular complexity index is 818. The maximum Gasteiger partial charge on any atom is 0.335 e. The van der Waals surface area contributed by atoms with Gasteiger partial charge in [-0.1, -0.05) is 6.07 Å². The molecule has 0 atom stereocenters. The van der Waals surface area contributed by atoms with Crippen molar-refractivity contribution < 1.29 is 14.7 Å². The first-order valence-corrected chi connectivity index (χ1v) is 6.94. The van der Waals surface area contributed by atoms with E-state index in [4.69, 9.17) is 10.4 Å². The first-order valence-electron chi connectivity index (χ1n) is 6.94. The van der Waals surface area contributed by atoms with Crippen molar-refractivity contribution in [3.63, 3.8) is 0 Å². The Morgan fingerprint density at radius 1 is 1.21 bits per heavy atom. The van der Waals surface area contributed by atoms with Crippen molar-refractivity contribution in [2.45, 2.75) is 6.92 Å². The molecule has 0 fully saturated rings. The fraction of sp³-hybridized carbons (Fsp3) is 0.0588. The molecule has 0 spiro atoms. The van der Waals surface area contributed by atoms with Gasteiger partial charge in [-0.15, -0.1) is 0 Å². The Kier molecular flexibility index (Phi) is 5.26. The molecule has 0 aliphatic rings. The summed E-state index contributed by atoms with van der Waals surface area (Å²) in [5.41, 5.74) is 1.35. The van der Waals surface area contributed by atoms with Crippen LogP contribution in [0, 0.1) is 18.3 Å². The van der Waals surface area contributed by atoms with E-state index in [9.17, 15) is 9.59 Å². The van der Waals surface area contributed by atoms with Crippen molar-refractivity contribution >= 4 is 23.4 Å². The zero-order valence-corrected chi connectivity index (χ0v) is 12.8. The molecular formula is C17H14N4O3. The molecule has 1 aromatic heterocycles. The highest BCUT2D eigenvalue weighted by Gasteiger charge is 2.10. The third kappa shape index (κ3) is 4.42. The van der Waals surface area contributed by atoms with Crippen LogP contribution in [0.2, 0.25) is 0 Å². The summed E-state index contributed by atoms with van der Waals surface area (Å²) in [5.74, 6) is -1.16. The second kappa shape index (κ2) is 7.56. The Morgan fingerprint density at radius 3 is 2.46 bits per heavy atom. The van der Waals surface area contributed by atoms with E-state index >= 15 is 0 Å². The van der Waals surface area contributed by atoms with E-state index < -0.39 is 11.9 Å². The maximum absolute atomic E-state index is 12.1. The van der Waals surface area contributed by atoms with Gasteiger partial charge in [0.2, 0.25) is 0 Å². The molecule has 1 heterocycles. The molecule has 0 aliphatic carbocycles. The van der Waals surface area contributed by atoms with Crippen LogP contribution in [-0.4, -0.2) is 22.0 Å². The number of anilines is 2. The molecule has 7 nitrogen and oxygen atoms in total. The number of pyridine rings is 1. The summed E-state index contributed by atoms with van der Waals surface area (Å²) < 4.78 is 0. The van der Waals surface area contributed by atoms with Gasteiger partial charge < -0.3 is 15.7 Å². The summed E-state index contributed by atoms with van der Waals surface area (Å²) in [5, 5.41) is 23.2.